The second-order valence-electron chi connectivity index (χ2n) is 3.56. The zero-order valence-electron chi connectivity index (χ0n) is 9.47. The van der Waals surface area contributed by atoms with E-state index >= 15 is 0 Å². The van der Waals surface area contributed by atoms with E-state index < -0.39 is 33.2 Å². The van der Waals surface area contributed by atoms with E-state index in [0.717, 1.165) is 12.3 Å². The standard InChI is InChI=1S/C10H14FNO4S/c1-16-10-6(7(12)5-13)3-4-8(9(10)11)17(2,14)15/h3-4,7,13H,5,12H2,1-2H3. The first-order valence-electron chi connectivity index (χ1n) is 4.75. The average Bonchev–Trinajstić information content (AvgIpc) is 2.25. The van der Waals surface area contributed by atoms with Crippen LogP contribution in [0.5, 0.6) is 5.75 Å². The predicted octanol–water partition coefficient (Wildman–Crippen LogP) is 0.230. The van der Waals surface area contributed by atoms with Gasteiger partial charge in [-0.15, -0.1) is 0 Å². The molecule has 7 heteroatoms. The lowest BCUT2D eigenvalue weighted by atomic mass is 10.1. The summed E-state index contributed by atoms with van der Waals surface area (Å²) in [5.74, 6) is -1.24. The van der Waals surface area contributed by atoms with Gasteiger partial charge in [0.1, 0.15) is 4.90 Å². The normalized spacial score (nSPS) is 13.5. The van der Waals surface area contributed by atoms with Gasteiger partial charge in [0.05, 0.1) is 19.8 Å². The van der Waals surface area contributed by atoms with Crippen molar-refractivity contribution in [1.29, 1.82) is 0 Å². The molecule has 0 saturated carbocycles. The van der Waals surface area contributed by atoms with Crippen LogP contribution in [-0.4, -0.2) is 33.5 Å². The molecule has 1 atom stereocenters. The van der Waals surface area contributed by atoms with E-state index in [1.807, 2.05) is 0 Å². The number of rotatable bonds is 4. The lowest BCUT2D eigenvalue weighted by Gasteiger charge is -2.15. The minimum absolute atomic E-state index is 0.222. The summed E-state index contributed by atoms with van der Waals surface area (Å²) < 4.78 is 41.3. The molecule has 3 N–H and O–H groups in total. The van der Waals surface area contributed by atoms with Crippen LogP contribution in [0, 0.1) is 5.82 Å². The van der Waals surface area contributed by atoms with Crippen LogP contribution < -0.4 is 10.5 Å². The molecule has 0 heterocycles. The highest BCUT2D eigenvalue weighted by atomic mass is 32.2. The topological polar surface area (TPSA) is 89.6 Å². The molecule has 0 saturated heterocycles. The molecular weight excluding hydrogens is 249 g/mol. The van der Waals surface area contributed by atoms with Crippen LogP contribution >= 0.6 is 0 Å². The van der Waals surface area contributed by atoms with Crippen LogP contribution in [0.4, 0.5) is 4.39 Å². The summed E-state index contributed by atoms with van der Waals surface area (Å²) in [6.07, 6.45) is 0.899. The van der Waals surface area contributed by atoms with Crippen LogP contribution in [0.2, 0.25) is 0 Å². The molecule has 96 valence electrons. The summed E-state index contributed by atoms with van der Waals surface area (Å²) in [5, 5.41) is 8.91. The molecule has 1 rings (SSSR count). The SMILES string of the molecule is COc1c(C(N)CO)ccc(S(C)(=O)=O)c1F. The fraction of sp³-hybridized carbons (Fsp3) is 0.400. The molecule has 1 unspecified atom stereocenters. The Kier molecular flexibility index (Phi) is 4.07. The fourth-order valence-corrected chi connectivity index (χ4v) is 2.17. The third kappa shape index (κ3) is 2.74. The molecule has 1 aromatic rings. The summed E-state index contributed by atoms with van der Waals surface area (Å²) in [7, 11) is -2.47. The van der Waals surface area contributed by atoms with Gasteiger partial charge >= 0.3 is 0 Å². The van der Waals surface area contributed by atoms with Gasteiger partial charge in [-0.2, -0.15) is 0 Å². The van der Waals surface area contributed by atoms with Crippen molar-refractivity contribution in [3.63, 3.8) is 0 Å². The molecular formula is C10H14FNO4S. The van der Waals surface area contributed by atoms with E-state index in [0.29, 0.717) is 0 Å². The van der Waals surface area contributed by atoms with Crippen molar-refractivity contribution in [1.82, 2.24) is 0 Å². The van der Waals surface area contributed by atoms with Crippen LogP contribution in [0.1, 0.15) is 11.6 Å². The molecule has 1 aromatic carbocycles. The molecule has 0 amide bonds. The number of methoxy groups -OCH3 is 1. The van der Waals surface area contributed by atoms with Crippen molar-refractivity contribution in [2.75, 3.05) is 20.0 Å². The molecule has 0 aliphatic carbocycles. The number of hydrogen-bond donors (Lipinski definition) is 2. The first-order chi connectivity index (χ1) is 7.82. The molecule has 17 heavy (non-hydrogen) atoms. The van der Waals surface area contributed by atoms with Crippen LogP contribution in [0.25, 0.3) is 0 Å². The van der Waals surface area contributed by atoms with Gasteiger partial charge in [0.15, 0.2) is 21.4 Å². The van der Waals surface area contributed by atoms with Crippen molar-refractivity contribution in [2.24, 2.45) is 5.73 Å². The van der Waals surface area contributed by atoms with Crippen molar-refractivity contribution < 1.29 is 22.7 Å². The van der Waals surface area contributed by atoms with Gasteiger partial charge in [0, 0.05) is 11.8 Å². The number of aliphatic hydroxyl groups is 1. The highest BCUT2D eigenvalue weighted by Crippen LogP contribution is 2.31. The van der Waals surface area contributed by atoms with E-state index in [4.69, 9.17) is 15.6 Å². The number of hydrogen-bond acceptors (Lipinski definition) is 5. The van der Waals surface area contributed by atoms with E-state index in [1.54, 1.807) is 0 Å². The van der Waals surface area contributed by atoms with E-state index in [-0.39, 0.29) is 11.3 Å². The lowest BCUT2D eigenvalue weighted by molar-refractivity contribution is 0.263. The predicted molar refractivity (Wildman–Crippen MR) is 60.1 cm³/mol. The van der Waals surface area contributed by atoms with Gasteiger partial charge in [0.25, 0.3) is 0 Å². The highest BCUT2D eigenvalue weighted by Gasteiger charge is 2.22. The summed E-state index contributed by atoms with van der Waals surface area (Å²) >= 11 is 0. The monoisotopic (exact) mass is 263 g/mol. The van der Waals surface area contributed by atoms with Crippen LogP contribution in [0.15, 0.2) is 17.0 Å². The Hall–Kier alpha value is -1.18. The van der Waals surface area contributed by atoms with Gasteiger partial charge in [0.2, 0.25) is 0 Å². The third-order valence-corrected chi connectivity index (χ3v) is 3.41. The van der Waals surface area contributed by atoms with Gasteiger partial charge in [-0.25, -0.2) is 12.8 Å². The quantitative estimate of drug-likeness (QED) is 0.811. The maximum atomic E-state index is 13.9. The second-order valence-corrected chi connectivity index (χ2v) is 5.55. The minimum atomic E-state index is -3.67. The first-order valence-corrected chi connectivity index (χ1v) is 6.65. The average molecular weight is 263 g/mol. The zero-order valence-corrected chi connectivity index (χ0v) is 10.3. The summed E-state index contributed by atoms with van der Waals surface area (Å²) in [4.78, 5) is -0.455. The van der Waals surface area contributed by atoms with Gasteiger partial charge in [-0.05, 0) is 6.07 Å². The molecule has 0 aliphatic rings. The second kappa shape index (κ2) is 4.99. The van der Waals surface area contributed by atoms with Crippen molar-refractivity contribution in [3.8, 4) is 5.75 Å². The van der Waals surface area contributed by atoms with Crippen molar-refractivity contribution in [2.45, 2.75) is 10.9 Å². The van der Waals surface area contributed by atoms with Crippen molar-refractivity contribution >= 4 is 9.84 Å². The summed E-state index contributed by atoms with van der Waals surface area (Å²) in [6, 6.07) is 1.62. The fourth-order valence-electron chi connectivity index (χ4n) is 1.44. The Balaban J connectivity index is 3.48. The third-order valence-electron chi connectivity index (χ3n) is 2.29. The number of sulfone groups is 1. The van der Waals surface area contributed by atoms with E-state index in [2.05, 4.69) is 0 Å². The van der Waals surface area contributed by atoms with E-state index in [1.165, 1.54) is 13.2 Å². The van der Waals surface area contributed by atoms with Gasteiger partial charge < -0.3 is 15.6 Å². The number of halogens is 1. The molecule has 0 aromatic heterocycles. The number of benzene rings is 1. The molecule has 0 fully saturated rings. The van der Waals surface area contributed by atoms with Gasteiger partial charge in [-0.1, -0.05) is 6.07 Å². The summed E-state index contributed by atoms with van der Waals surface area (Å²) in [6.45, 7) is -0.395. The first kappa shape index (κ1) is 13.9. The maximum absolute atomic E-state index is 13.9. The maximum Gasteiger partial charge on any atom is 0.183 e. The zero-order chi connectivity index (χ0) is 13.2. The van der Waals surface area contributed by atoms with Crippen LogP contribution in [0.3, 0.4) is 0 Å². The lowest BCUT2D eigenvalue weighted by Crippen LogP contribution is -2.17. The Morgan fingerprint density at radius 2 is 2.12 bits per heavy atom. The number of aliphatic hydroxyl groups excluding tert-OH is 1. The smallest absolute Gasteiger partial charge is 0.183 e. The Morgan fingerprint density at radius 1 is 1.53 bits per heavy atom. The van der Waals surface area contributed by atoms with Crippen LogP contribution in [-0.2, 0) is 9.84 Å². The molecule has 5 nitrogen and oxygen atoms in total. The molecule has 0 spiro atoms. The molecule has 0 bridgehead atoms. The number of ether oxygens (including phenoxy) is 1. The largest absolute Gasteiger partial charge is 0.493 e. The Bertz CT molecular complexity index is 515. The van der Waals surface area contributed by atoms with Crippen molar-refractivity contribution in [3.05, 3.63) is 23.5 Å². The molecule has 0 radical (unpaired) electrons. The Morgan fingerprint density at radius 3 is 2.53 bits per heavy atom. The molecule has 0 aliphatic heterocycles. The number of nitrogens with two attached hydrogens (primary N) is 1. The summed E-state index contributed by atoms with van der Waals surface area (Å²) in [5.41, 5.74) is 5.77. The Labute approximate surface area is 98.9 Å². The van der Waals surface area contributed by atoms with E-state index in [9.17, 15) is 12.8 Å². The minimum Gasteiger partial charge on any atom is -0.493 e. The van der Waals surface area contributed by atoms with Gasteiger partial charge in [-0.3, -0.25) is 0 Å². The highest BCUT2D eigenvalue weighted by molar-refractivity contribution is 7.90.